The van der Waals surface area contributed by atoms with Gasteiger partial charge in [-0.2, -0.15) is 0 Å². The predicted octanol–water partition coefficient (Wildman–Crippen LogP) is 4.27. The number of benzene rings is 2. The monoisotopic (exact) mass is 317 g/mol. The minimum atomic E-state index is 0.00571. The summed E-state index contributed by atoms with van der Waals surface area (Å²) in [6.45, 7) is 2.12. The highest BCUT2D eigenvalue weighted by atomic mass is 79.9. The average Bonchev–Trinajstić information content (AvgIpc) is 2.36. The van der Waals surface area contributed by atoms with E-state index in [-0.39, 0.29) is 11.4 Å². The third kappa shape index (κ3) is 2.52. The zero-order chi connectivity index (χ0) is 13.5. The molecule has 2 aromatic rings. The molecular weight excluding hydrogens is 302 g/mol. The van der Waals surface area contributed by atoms with Gasteiger partial charge in [0, 0.05) is 15.6 Å². The molecule has 0 heterocycles. The van der Waals surface area contributed by atoms with Crippen molar-refractivity contribution in [3.63, 3.8) is 0 Å². The van der Waals surface area contributed by atoms with Crippen LogP contribution in [0.1, 0.15) is 36.5 Å². The van der Waals surface area contributed by atoms with Gasteiger partial charge in [0.15, 0.2) is 0 Å². The lowest BCUT2D eigenvalue weighted by atomic mass is 9.78. The van der Waals surface area contributed by atoms with Gasteiger partial charge in [-0.25, -0.2) is 0 Å². The topological polar surface area (TPSA) is 29.1 Å². The van der Waals surface area contributed by atoms with Gasteiger partial charge in [0.2, 0.25) is 0 Å². The number of carbonyl (C=O) groups is 1. The Balaban J connectivity index is 1.88. The molecule has 0 spiro atoms. The van der Waals surface area contributed by atoms with Gasteiger partial charge in [-0.15, -0.1) is 0 Å². The summed E-state index contributed by atoms with van der Waals surface area (Å²) in [5.41, 5.74) is 0.745. The van der Waals surface area contributed by atoms with Gasteiger partial charge in [0.25, 0.3) is 5.91 Å². The Morgan fingerprint density at radius 2 is 1.84 bits per heavy atom. The molecule has 3 rings (SSSR count). The highest BCUT2D eigenvalue weighted by molar-refractivity contribution is 9.10. The van der Waals surface area contributed by atoms with Gasteiger partial charge in [0.1, 0.15) is 0 Å². The number of hydrogen-bond acceptors (Lipinski definition) is 1. The van der Waals surface area contributed by atoms with Crippen molar-refractivity contribution >= 4 is 32.6 Å². The molecule has 0 aromatic heterocycles. The van der Waals surface area contributed by atoms with Crippen molar-refractivity contribution < 1.29 is 4.79 Å². The minimum absolute atomic E-state index is 0.00571. The lowest BCUT2D eigenvalue weighted by Gasteiger charge is -2.39. The van der Waals surface area contributed by atoms with E-state index in [4.69, 9.17) is 0 Å². The SMILES string of the molecule is CC1(NC(=O)c2ccc3cc(Br)ccc3c2)CCC1. The molecule has 0 bridgehead atoms. The zero-order valence-corrected chi connectivity index (χ0v) is 12.5. The molecule has 1 aliphatic carbocycles. The fourth-order valence-corrected chi connectivity index (χ4v) is 2.91. The Bertz CT molecular complexity index is 646. The van der Waals surface area contributed by atoms with Crippen molar-refractivity contribution in [2.24, 2.45) is 0 Å². The van der Waals surface area contributed by atoms with E-state index in [0.717, 1.165) is 33.7 Å². The van der Waals surface area contributed by atoms with Crippen molar-refractivity contribution in [3.05, 3.63) is 46.4 Å². The first kappa shape index (κ1) is 12.7. The quantitative estimate of drug-likeness (QED) is 0.880. The molecule has 2 nitrogen and oxygen atoms in total. The second kappa shape index (κ2) is 4.64. The van der Waals surface area contributed by atoms with Crippen LogP contribution >= 0.6 is 15.9 Å². The van der Waals surface area contributed by atoms with E-state index in [0.29, 0.717) is 0 Å². The summed E-state index contributed by atoms with van der Waals surface area (Å²) >= 11 is 3.46. The van der Waals surface area contributed by atoms with E-state index in [2.05, 4.69) is 34.2 Å². The standard InChI is InChI=1S/C16H16BrNO/c1-16(7-2-8-16)18-15(19)13-4-3-12-10-14(17)6-5-11(12)9-13/h3-6,9-10H,2,7-8H2,1H3,(H,18,19). The number of amides is 1. The van der Waals surface area contributed by atoms with Crippen LogP contribution in [0.25, 0.3) is 10.8 Å². The van der Waals surface area contributed by atoms with Crippen molar-refractivity contribution in [3.8, 4) is 0 Å². The molecule has 98 valence electrons. The number of fused-ring (bicyclic) bond motifs is 1. The summed E-state index contributed by atoms with van der Waals surface area (Å²) in [7, 11) is 0. The third-order valence-electron chi connectivity index (χ3n) is 3.94. The average molecular weight is 318 g/mol. The van der Waals surface area contributed by atoms with E-state index >= 15 is 0 Å². The molecular formula is C16H16BrNO. The fraction of sp³-hybridized carbons (Fsp3) is 0.312. The zero-order valence-electron chi connectivity index (χ0n) is 10.9. The van der Waals surface area contributed by atoms with Crippen LogP contribution in [-0.4, -0.2) is 11.4 Å². The maximum atomic E-state index is 12.2. The molecule has 0 unspecified atom stereocenters. The van der Waals surface area contributed by atoms with Gasteiger partial charge in [0.05, 0.1) is 0 Å². The van der Waals surface area contributed by atoms with Crippen LogP contribution in [0.3, 0.4) is 0 Å². The van der Waals surface area contributed by atoms with Crippen molar-refractivity contribution in [1.29, 1.82) is 0 Å². The van der Waals surface area contributed by atoms with E-state index < -0.39 is 0 Å². The lowest BCUT2D eigenvalue weighted by molar-refractivity contribution is 0.0850. The Morgan fingerprint density at radius 3 is 2.53 bits per heavy atom. The van der Waals surface area contributed by atoms with Crippen molar-refractivity contribution in [2.45, 2.75) is 31.7 Å². The molecule has 2 aromatic carbocycles. The largest absolute Gasteiger partial charge is 0.347 e. The molecule has 19 heavy (non-hydrogen) atoms. The summed E-state index contributed by atoms with van der Waals surface area (Å²) in [4.78, 5) is 12.2. The van der Waals surface area contributed by atoms with E-state index in [1.165, 1.54) is 6.42 Å². The van der Waals surface area contributed by atoms with Gasteiger partial charge in [-0.1, -0.05) is 28.1 Å². The highest BCUT2D eigenvalue weighted by Crippen LogP contribution is 2.31. The predicted molar refractivity (Wildman–Crippen MR) is 81.4 cm³/mol. The third-order valence-corrected chi connectivity index (χ3v) is 4.43. The molecule has 0 radical (unpaired) electrons. The first-order valence-corrected chi connectivity index (χ1v) is 7.37. The molecule has 1 N–H and O–H groups in total. The molecule has 1 saturated carbocycles. The summed E-state index contributed by atoms with van der Waals surface area (Å²) in [5.74, 6) is 0.0343. The van der Waals surface area contributed by atoms with Gasteiger partial charge >= 0.3 is 0 Å². The molecule has 1 amide bonds. The van der Waals surface area contributed by atoms with Crippen molar-refractivity contribution in [2.75, 3.05) is 0 Å². The fourth-order valence-electron chi connectivity index (χ4n) is 2.54. The Morgan fingerprint density at radius 1 is 1.16 bits per heavy atom. The molecule has 0 atom stereocenters. The molecule has 3 heteroatoms. The van der Waals surface area contributed by atoms with E-state index in [1.807, 2.05) is 30.3 Å². The van der Waals surface area contributed by atoms with Crippen LogP contribution in [-0.2, 0) is 0 Å². The molecule has 1 fully saturated rings. The lowest BCUT2D eigenvalue weighted by Crippen LogP contribution is -2.50. The second-order valence-corrected chi connectivity index (χ2v) is 6.49. The smallest absolute Gasteiger partial charge is 0.251 e. The van der Waals surface area contributed by atoms with E-state index in [9.17, 15) is 4.79 Å². The van der Waals surface area contributed by atoms with Crippen LogP contribution in [0, 0.1) is 0 Å². The minimum Gasteiger partial charge on any atom is -0.347 e. The number of carbonyl (C=O) groups excluding carboxylic acids is 1. The van der Waals surface area contributed by atoms with Crippen LogP contribution in [0.15, 0.2) is 40.9 Å². The number of halogens is 1. The van der Waals surface area contributed by atoms with Gasteiger partial charge < -0.3 is 5.32 Å². The van der Waals surface area contributed by atoms with Crippen molar-refractivity contribution in [1.82, 2.24) is 5.32 Å². The van der Waals surface area contributed by atoms with Crippen LogP contribution in [0.5, 0.6) is 0 Å². The normalized spacial score (nSPS) is 16.9. The number of rotatable bonds is 2. The first-order valence-electron chi connectivity index (χ1n) is 6.58. The molecule has 0 saturated heterocycles. The van der Waals surface area contributed by atoms with Crippen LogP contribution in [0.2, 0.25) is 0 Å². The Kier molecular flexibility index (Phi) is 3.09. The Labute approximate surface area is 121 Å². The maximum Gasteiger partial charge on any atom is 0.251 e. The maximum absolute atomic E-state index is 12.2. The van der Waals surface area contributed by atoms with Gasteiger partial charge in [-0.3, -0.25) is 4.79 Å². The number of hydrogen-bond donors (Lipinski definition) is 1. The summed E-state index contributed by atoms with van der Waals surface area (Å²) < 4.78 is 1.05. The first-order chi connectivity index (χ1) is 9.06. The number of nitrogens with one attached hydrogen (secondary N) is 1. The van der Waals surface area contributed by atoms with Crippen LogP contribution in [0.4, 0.5) is 0 Å². The summed E-state index contributed by atoms with van der Waals surface area (Å²) in [5, 5.41) is 5.37. The second-order valence-electron chi connectivity index (χ2n) is 5.57. The highest BCUT2D eigenvalue weighted by Gasteiger charge is 2.33. The summed E-state index contributed by atoms with van der Waals surface area (Å²) in [6.07, 6.45) is 3.38. The van der Waals surface area contributed by atoms with Gasteiger partial charge in [-0.05, 0) is 61.2 Å². The Hall–Kier alpha value is -1.35. The van der Waals surface area contributed by atoms with E-state index in [1.54, 1.807) is 0 Å². The van der Waals surface area contributed by atoms with Crippen LogP contribution < -0.4 is 5.32 Å². The molecule has 0 aliphatic heterocycles. The summed E-state index contributed by atoms with van der Waals surface area (Å²) in [6, 6.07) is 11.9. The molecule has 1 aliphatic rings.